The van der Waals surface area contributed by atoms with Crippen LogP contribution < -0.4 is 11.1 Å². The monoisotopic (exact) mass is 290 g/mol. The molecule has 1 aliphatic rings. The van der Waals surface area contributed by atoms with Crippen LogP contribution in [0.25, 0.3) is 0 Å². The van der Waals surface area contributed by atoms with Gasteiger partial charge in [-0.15, -0.1) is 0 Å². The van der Waals surface area contributed by atoms with Gasteiger partial charge in [-0.2, -0.15) is 0 Å². The number of pyridine rings is 1. The summed E-state index contributed by atoms with van der Waals surface area (Å²) in [6.45, 7) is 3.57. The van der Waals surface area contributed by atoms with Gasteiger partial charge in [0.2, 0.25) is 5.91 Å². The number of nitrogens with one attached hydrogen (secondary N) is 1. The van der Waals surface area contributed by atoms with Gasteiger partial charge in [0.25, 0.3) is 5.91 Å². The largest absolute Gasteiger partial charge is 0.341 e. The number of carbonyl (C=O) groups is 2. The predicted molar refractivity (Wildman–Crippen MR) is 79.5 cm³/mol. The van der Waals surface area contributed by atoms with Crippen molar-refractivity contribution in [3.8, 4) is 0 Å². The number of hydrogen-bond donors (Lipinski definition) is 2. The molecule has 1 aliphatic heterocycles. The lowest BCUT2D eigenvalue weighted by Crippen LogP contribution is -2.48. The minimum absolute atomic E-state index is 0.0174. The highest BCUT2D eigenvalue weighted by Crippen LogP contribution is 2.10. The SMILES string of the molecule is CC(NC(=O)c1ccnc(CN)c1)C(=O)N1CCCCC1. The standard InChI is InChI=1S/C15H22N4O2/c1-11(15(21)19-7-3-2-4-8-19)18-14(20)12-5-6-17-13(9-12)10-16/h5-6,9,11H,2-4,7-8,10,16H2,1H3,(H,18,20). The van der Waals surface area contributed by atoms with Crippen molar-refractivity contribution in [3.05, 3.63) is 29.6 Å². The second-order valence-corrected chi connectivity index (χ2v) is 5.32. The molecular formula is C15H22N4O2. The number of piperidine rings is 1. The molecule has 2 heterocycles. The number of amides is 2. The molecule has 6 heteroatoms. The van der Waals surface area contributed by atoms with Crippen molar-refractivity contribution >= 4 is 11.8 Å². The van der Waals surface area contributed by atoms with Crippen LogP contribution in [-0.2, 0) is 11.3 Å². The first-order valence-corrected chi connectivity index (χ1v) is 7.36. The van der Waals surface area contributed by atoms with Crippen molar-refractivity contribution < 1.29 is 9.59 Å². The van der Waals surface area contributed by atoms with Crippen LogP contribution in [0.2, 0.25) is 0 Å². The van der Waals surface area contributed by atoms with E-state index in [1.54, 1.807) is 25.3 Å². The predicted octanol–water partition coefficient (Wildman–Crippen LogP) is 0.671. The molecule has 3 N–H and O–H groups in total. The molecular weight excluding hydrogens is 268 g/mol. The summed E-state index contributed by atoms with van der Waals surface area (Å²) in [5, 5.41) is 2.75. The van der Waals surface area contributed by atoms with E-state index in [0.29, 0.717) is 11.3 Å². The van der Waals surface area contributed by atoms with E-state index in [0.717, 1.165) is 25.9 Å². The molecule has 114 valence electrons. The molecule has 6 nitrogen and oxygen atoms in total. The first kappa shape index (κ1) is 15.4. The van der Waals surface area contributed by atoms with Crippen LogP contribution in [0.4, 0.5) is 0 Å². The normalized spacial score (nSPS) is 16.4. The van der Waals surface area contributed by atoms with Crippen molar-refractivity contribution in [3.63, 3.8) is 0 Å². The molecule has 0 radical (unpaired) electrons. The first-order valence-electron chi connectivity index (χ1n) is 7.36. The molecule has 0 saturated carbocycles. The van der Waals surface area contributed by atoms with E-state index in [9.17, 15) is 9.59 Å². The van der Waals surface area contributed by atoms with Gasteiger partial charge in [-0.25, -0.2) is 0 Å². The van der Waals surface area contributed by atoms with Crippen molar-refractivity contribution in [1.29, 1.82) is 0 Å². The fourth-order valence-electron chi connectivity index (χ4n) is 2.46. The van der Waals surface area contributed by atoms with Gasteiger partial charge >= 0.3 is 0 Å². The fourth-order valence-corrected chi connectivity index (χ4v) is 2.46. The van der Waals surface area contributed by atoms with Crippen molar-refractivity contribution in [2.45, 2.75) is 38.8 Å². The molecule has 0 aliphatic carbocycles. The lowest BCUT2D eigenvalue weighted by Gasteiger charge is -2.29. The molecule has 0 bridgehead atoms. The number of hydrogen-bond acceptors (Lipinski definition) is 4. The number of carbonyl (C=O) groups excluding carboxylic acids is 2. The second kappa shape index (κ2) is 7.17. The van der Waals surface area contributed by atoms with E-state index in [4.69, 9.17) is 5.73 Å². The zero-order chi connectivity index (χ0) is 15.2. The van der Waals surface area contributed by atoms with Crippen LogP contribution in [0.1, 0.15) is 42.2 Å². The highest BCUT2D eigenvalue weighted by Gasteiger charge is 2.23. The van der Waals surface area contributed by atoms with E-state index >= 15 is 0 Å². The maximum absolute atomic E-state index is 12.3. The molecule has 1 saturated heterocycles. The van der Waals surface area contributed by atoms with Crippen LogP contribution in [-0.4, -0.2) is 40.8 Å². The Morgan fingerprint density at radius 1 is 1.38 bits per heavy atom. The van der Waals surface area contributed by atoms with Crippen LogP contribution in [0, 0.1) is 0 Å². The Kier molecular flexibility index (Phi) is 5.27. The molecule has 1 aromatic heterocycles. The summed E-state index contributed by atoms with van der Waals surface area (Å²) >= 11 is 0. The molecule has 1 unspecified atom stereocenters. The summed E-state index contributed by atoms with van der Waals surface area (Å²) < 4.78 is 0. The highest BCUT2D eigenvalue weighted by atomic mass is 16.2. The van der Waals surface area contributed by atoms with Gasteiger partial charge in [0.05, 0.1) is 5.69 Å². The van der Waals surface area contributed by atoms with Crippen LogP contribution >= 0.6 is 0 Å². The Labute approximate surface area is 124 Å². The summed E-state index contributed by atoms with van der Waals surface area (Å²) in [6.07, 6.45) is 4.80. The van der Waals surface area contributed by atoms with Crippen LogP contribution in [0.5, 0.6) is 0 Å². The number of likely N-dealkylation sites (tertiary alicyclic amines) is 1. The lowest BCUT2D eigenvalue weighted by molar-refractivity contribution is -0.133. The quantitative estimate of drug-likeness (QED) is 0.853. The van der Waals surface area contributed by atoms with Gasteiger partial charge in [0, 0.05) is 31.4 Å². The minimum Gasteiger partial charge on any atom is -0.341 e. The molecule has 0 aromatic carbocycles. The highest BCUT2D eigenvalue weighted by molar-refractivity contribution is 5.97. The van der Waals surface area contributed by atoms with Crippen LogP contribution in [0.15, 0.2) is 18.3 Å². The summed E-state index contributed by atoms with van der Waals surface area (Å²) in [5.74, 6) is -0.291. The molecule has 21 heavy (non-hydrogen) atoms. The molecule has 0 spiro atoms. The zero-order valence-corrected chi connectivity index (χ0v) is 12.3. The minimum atomic E-state index is -0.523. The third-order valence-electron chi connectivity index (χ3n) is 3.67. The Bertz CT molecular complexity index is 512. The first-order chi connectivity index (χ1) is 10.1. The van der Waals surface area contributed by atoms with E-state index < -0.39 is 6.04 Å². The Morgan fingerprint density at radius 2 is 2.10 bits per heavy atom. The molecule has 1 fully saturated rings. The van der Waals surface area contributed by atoms with E-state index in [-0.39, 0.29) is 18.4 Å². The second-order valence-electron chi connectivity index (χ2n) is 5.32. The number of nitrogens with zero attached hydrogens (tertiary/aromatic N) is 2. The Morgan fingerprint density at radius 3 is 2.76 bits per heavy atom. The van der Waals surface area contributed by atoms with Crippen molar-refractivity contribution in [2.24, 2.45) is 5.73 Å². The van der Waals surface area contributed by atoms with E-state index in [2.05, 4.69) is 10.3 Å². The topological polar surface area (TPSA) is 88.3 Å². The van der Waals surface area contributed by atoms with Crippen molar-refractivity contribution in [2.75, 3.05) is 13.1 Å². The maximum Gasteiger partial charge on any atom is 0.252 e. The summed E-state index contributed by atoms with van der Waals surface area (Å²) in [7, 11) is 0. The average molecular weight is 290 g/mol. The van der Waals surface area contributed by atoms with Gasteiger partial charge in [-0.3, -0.25) is 14.6 Å². The van der Waals surface area contributed by atoms with Gasteiger partial charge < -0.3 is 16.0 Å². The lowest BCUT2D eigenvalue weighted by atomic mass is 10.1. The van der Waals surface area contributed by atoms with E-state index in [1.165, 1.54) is 6.42 Å². The maximum atomic E-state index is 12.3. The zero-order valence-electron chi connectivity index (χ0n) is 12.3. The summed E-state index contributed by atoms with van der Waals surface area (Å²) in [6, 6.07) is 2.74. The van der Waals surface area contributed by atoms with E-state index in [1.807, 2.05) is 4.90 Å². The Balaban J connectivity index is 1.96. The van der Waals surface area contributed by atoms with Gasteiger partial charge in [0.15, 0.2) is 0 Å². The Hall–Kier alpha value is -1.95. The molecule has 1 aromatic rings. The average Bonchev–Trinajstić information content (AvgIpc) is 2.54. The number of rotatable bonds is 4. The number of aromatic nitrogens is 1. The van der Waals surface area contributed by atoms with Crippen LogP contribution in [0.3, 0.4) is 0 Å². The fraction of sp³-hybridized carbons (Fsp3) is 0.533. The van der Waals surface area contributed by atoms with Gasteiger partial charge in [0.1, 0.15) is 6.04 Å². The molecule has 2 rings (SSSR count). The molecule has 1 atom stereocenters. The number of nitrogens with two attached hydrogens (primary N) is 1. The summed E-state index contributed by atoms with van der Waals surface area (Å²) in [4.78, 5) is 30.3. The third kappa shape index (κ3) is 4.01. The third-order valence-corrected chi connectivity index (χ3v) is 3.67. The summed E-state index contributed by atoms with van der Waals surface area (Å²) in [5.41, 5.74) is 6.64. The van der Waals surface area contributed by atoms with Crippen molar-refractivity contribution in [1.82, 2.24) is 15.2 Å². The van der Waals surface area contributed by atoms with Gasteiger partial charge in [-0.1, -0.05) is 0 Å². The molecule has 2 amide bonds. The van der Waals surface area contributed by atoms with Gasteiger partial charge in [-0.05, 0) is 38.3 Å². The smallest absolute Gasteiger partial charge is 0.252 e.